The number of hydrogen-bond donors (Lipinski definition) is 2. The van der Waals surface area contributed by atoms with Crippen molar-refractivity contribution in [3.05, 3.63) is 28.8 Å². The molecule has 0 bridgehead atoms. The molecule has 0 aromatic heterocycles. The van der Waals surface area contributed by atoms with E-state index in [1.807, 2.05) is 37.2 Å². The zero-order valence-electron chi connectivity index (χ0n) is 11.8. The lowest BCUT2D eigenvalue weighted by molar-refractivity contribution is 0.0886. The molecule has 1 rings (SSSR count). The van der Waals surface area contributed by atoms with Crippen LogP contribution in [0.4, 0.5) is 5.69 Å². The zero-order chi connectivity index (χ0) is 13.9. The first-order chi connectivity index (χ1) is 8.24. The highest BCUT2D eigenvalue weighted by atomic mass is 35.5. The van der Waals surface area contributed by atoms with Gasteiger partial charge in [0.15, 0.2) is 0 Å². The van der Waals surface area contributed by atoms with Gasteiger partial charge in [-0.25, -0.2) is 0 Å². The van der Waals surface area contributed by atoms with Crippen molar-refractivity contribution in [2.45, 2.75) is 32.4 Å². The minimum absolute atomic E-state index is 0.228. The van der Waals surface area contributed by atoms with Gasteiger partial charge in [0.2, 0.25) is 0 Å². The van der Waals surface area contributed by atoms with Crippen LogP contribution in [0.5, 0.6) is 0 Å². The Kier molecular flexibility index (Phi) is 5.02. The molecule has 4 heteroatoms. The highest BCUT2D eigenvalue weighted by Crippen LogP contribution is 2.27. The molecule has 0 saturated heterocycles. The number of halogens is 1. The number of likely N-dealkylation sites (N-methyl/N-ethyl adjacent to an activating group) is 1. The summed E-state index contributed by atoms with van der Waals surface area (Å²) < 4.78 is 0. The first-order valence-corrected chi connectivity index (χ1v) is 6.52. The average Bonchev–Trinajstić information content (AvgIpc) is 2.25. The van der Waals surface area contributed by atoms with E-state index in [9.17, 15) is 5.11 Å². The molecule has 0 aliphatic heterocycles. The third-order valence-corrected chi connectivity index (χ3v) is 3.28. The molecule has 18 heavy (non-hydrogen) atoms. The smallest absolute Gasteiger partial charge is 0.0765 e. The molecular weight excluding hydrogens is 248 g/mol. The summed E-state index contributed by atoms with van der Waals surface area (Å²) >= 11 is 6.29. The number of nitrogens with one attached hydrogen (secondary N) is 1. The highest BCUT2D eigenvalue weighted by molar-refractivity contribution is 6.31. The fourth-order valence-corrected chi connectivity index (χ4v) is 2.27. The van der Waals surface area contributed by atoms with Gasteiger partial charge in [-0.3, -0.25) is 0 Å². The SMILES string of the molecule is CNC(C)c1ccc(N(C)CC(C)(C)O)cc1Cl. The van der Waals surface area contributed by atoms with Crippen LogP contribution in [-0.4, -0.2) is 31.3 Å². The maximum absolute atomic E-state index is 9.81. The summed E-state index contributed by atoms with van der Waals surface area (Å²) in [6, 6.07) is 6.22. The highest BCUT2D eigenvalue weighted by Gasteiger charge is 2.17. The Morgan fingerprint density at radius 2 is 2.06 bits per heavy atom. The molecule has 1 atom stereocenters. The molecule has 0 amide bonds. The second kappa shape index (κ2) is 5.91. The van der Waals surface area contributed by atoms with E-state index in [1.54, 1.807) is 13.8 Å². The predicted octanol–water partition coefficient (Wildman–Crippen LogP) is 2.83. The molecule has 0 radical (unpaired) electrons. The minimum Gasteiger partial charge on any atom is -0.389 e. The molecule has 1 aromatic rings. The van der Waals surface area contributed by atoms with Crippen LogP contribution in [0.1, 0.15) is 32.4 Å². The quantitative estimate of drug-likeness (QED) is 0.864. The van der Waals surface area contributed by atoms with Crippen molar-refractivity contribution in [2.24, 2.45) is 0 Å². The summed E-state index contributed by atoms with van der Waals surface area (Å²) in [7, 11) is 3.86. The first kappa shape index (κ1) is 15.3. The Hall–Kier alpha value is -0.770. The number of hydrogen-bond acceptors (Lipinski definition) is 3. The van der Waals surface area contributed by atoms with Crippen LogP contribution in [0.15, 0.2) is 18.2 Å². The second-order valence-electron chi connectivity index (χ2n) is 5.38. The summed E-state index contributed by atoms with van der Waals surface area (Å²) in [4.78, 5) is 2.00. The van der Waals surface area contributed by atoms with Gasteiger partial charge in [-0.05, 0) is 45.5 Å². The van der Waals surface area contributed by atoms with E-state index in [0.29, 0.717) is 6.54 Å². The van der Waals surface area contributed by atoms with E-state index in [1.165, 1.54) is 0 Å². The van der Waals surface area contributed by atoms with Gasteiger partial charge in [0.25, 0.3) is 0 Å². The molecule has 0 fully saturated rings. The van der Waals surface area contributed by atoms with Crippen LogP contribution in [0.25, 0.3) is 0 Å². The maximum atomic E-state index is 9.81. The van der Waals surface area contributed by atoms with Crippen LogP contribution in [0, 0.1) is 0 Å². The Morgan fingerprint density at radius 1 is 1.44 bits per heavy atom. The van der Waals surface area contributed by atoms with Gasteiger partial charge in [-0.2, -0.15) is 0 Å². The number of benzene rings is 1. The molecule has 0 saturated carbocycles. The van der Waals surface area contributed by atoms with Crippen molar-refractivity contribution < 1.29 is 5.11 Å². The standard InChI is InChI=1S/C14H23ClN2O/c1-10(16-4)12-7-6-11(8-13(12)15)17(5)9-14(2,3)18/h6-8,10,16,18H,9H2,1-5H3. The van der Waals surface area contributed by atoms with E-state index >= 15 is 0 Å². The molecule has 2 N–H and O–H groups in total. The Balaban J connectivity index is 2.90. The van der Waals surface area contributed by atoms with E-state index < -0.39 is 5.60 Å². The van der Waals surface area contributed by atoms with Crippen molar-refractivity contribution in [1.82, 2.24) is 5.32 Å². The zero-order valence-corrected chi connectivity index (χ0v) is 12.5. The van der Waals surface area contributed by atoms with Crippen molar-refractivity contribution in [3.63, 3.8) is 0 Å². The summed E-state index contributed by atoms with van der Waals surface area (Å²) in [6.45, 7) is 6.22. The topological polar surface area (TPSA) is 35.5 Å². The van der Waals surface area contributed by atoms with E-state index in [4.69, 9.17) is 11.6 Å². The third kappa shape index (κ3) is 4.16. The number of rotatable bonds is 5. The fraction of sp³-hybridized carbons (Fsp3) is 0.571. The molecule has 0 aliphatic rings. The fourth-order valence-electron chi connectivity index (χ4n) is 1.93. The summed E-state index contributed by atoms with van der Waals surface area (Å²) in [6.07, 6.45) is 0. The average molecular weight is 271 g/mol. The largest absolute Gasteiger partial charge is 0.389 e. The van der Waals surface area contributed by atoms with E-state index in [2.05, 4.69) is 12.2 Å². The molecule has 1 aromatic carbocycles. The lowest BCUT2D eigenvalue weighted by atomic mass is 10.1. The second-order valence-corrected chi connectivity index (χ2v) is 5.79. The molecular formula is C14H23ClN2O. The molecule has 0 heterocycles. The van der Waals surface area contributed by atoms with E-state index in [-0.39, 0.29) is 6.04 Å². The molecule has 0 spiro atoms. The molecule has 102 valence electrons. The van der Waals surface area contributed by atoms with Crippen molar-refractivity contribution >= 4 is 17.3 Å². The van der Waals surface area contributed by atoms with Gasteiger partial charge in [-0.15, -0.1) is 0 Å². The lowest BCUT2D eigenvalue weighted by Gasteiger charge is -2.28. The molecule has 0 aliphatic carbocycles. The molecule has 1 unspecified atom stereocenters. The van der Waals surface area contributed by atoms with Gasteiger partial charge in [0, 0.05) is 30.3 Å². The van der Waals surface area contributed by atoms with Crippen molar-refractivity contribution in [1.29, 1.82) is 0 Å². The van der Waals surface area contributed by atoms with Gasteiger partial charge >= 0.3 is 0 Å². The predicted molar refractivity (Wildman–Crippen MR) is 78.5 cm³/mol. The summed E-state index contributed by atoms with van der Waals surface area (Å²) in [5.74, 6) is 0. The van der Waals surface area contributed by atoms with Gasteiger partial charge in [0.1, 0.15) is 0 Å². The summed E-state index contributed by atoms with van der Waals surface area (Å²) in [5.41, 5.74) is 1.37. The lowest BCUT2D eigenvalue weighted by Crippen LogP contribution is -2.36. The van der Waals surface area contributed by atoms with Crippen LogP contribution in [-0.2, 0) is 0 Å². The van der Waals surface area contributed by atoms with Crippen LogP contribution in [0.2, 0.25) is 5.02 Å². The molecule has 3 nitrogen and oxygen atoms in total. The Morgan fingerprint density at radius 3 is 2.50 bits per heavy atom. The normalized spacial score (nSPS) is 13.5. The van der Waals surface area contributed by atoms with Crippen molar-refractivity contribution in [3.8, 4) is 0 Å². The summed E-state index contributed by atoms with van der Waals surface area (Å²) in [5, 5.41) is 13.7. The van der Waals surface area contributed by atoms with Crippen LogP contribution in [0.3, 0.4) is 0 Å². The monoisotopic (exact) mass is 270 g/mol. The van der Waals surface area contributed by atoms with E-state index in [0.717, 1.165) is 16.3 Å². The number of aliphatic hydroxyl groups is 1. The Bertz CT molecular complexity index is 401. The number of nitrogens with zero attached hydrogens (tertiary/aromatic N) is 1. The van der Waals surface area contributed by atoms with Gasteiger partial charge in [0.05, 0.1) is 5.60 Å². The maximum Gasteiger partial charge on any atom is 0.0765 e. The van der Waals surface area contributed by atoms with Crippen LogP contribution >= 0.6 is 11.6 Å². The first-order valence-electron chi connectivity index (χ1n) is 6.15. The Labute approximate surface area is 115 Å². The third-order valence-electron chi connectivity index (χ3n) is 2.95. The number of anilines is 1. The van der Waals surface area contributed by atoms with Gasteiger partial charge < -0.3 is 15.3 Å². The minimum atomic E-state index is -0.724. The van der Waals surface area contributed by atoms with Gasteiger partial charge in [-0.1, -0.05) is 17.7 Å². The van der Waals surface area contributed by atoms with Crippen LogP contribution < -0.4 is 10.2 Å². The van der Waals surface area contributed by atoms with Crippen molar-refractivity contribution in [2.75, 3.05) is 25.5 Å².